The Morgan fingerprint density at radius 2 is 1.95 bits per heavy atom. The summed E-state index contributed by atoms with van der Waals surface area (Å²) in [6.45, 7) is -0.544. The Kier molecular flexibility index (Phi) is 4.70. The van der Waals surface area contributed by atoms with Crippen LogP contribution in [0, 0.1) is 10.1 Å². The van der Waals surface area contributed by atoms with Gasteiger partial charge in [-0.3, -0.25) is 10.1 Å². The number of nitrogens with one attached hydrogen (secondary N) is 1. The maximum Gasteiger partial charge on any atom is 0.271 e. The van der Waals surface area contributed by atoms with E-state index in [0.29, 0.717) is 5.69 Å². The molecule has 0 aromatic heterocycles. The van der Waals surface area contributed by atoms with E-state index in [9.17, 15) is 25.4 Å². The van der Waals surface area contributed by atoms with Gasteiger partial charge in [0.15, 0.2) is 6.23 Å². The molecule has 21 heavy (non-hydrogen) atoms. The quantitative estimate of drug-likeness (QED) is 0.344. The minimum Gasteiger partial charge on any atom is -0.394 e. The van der Waals surface area contributed by atoms with E-state index in [4.69, 9.17) is 9.84 Å². The zero-order chi connectivity index (χ0) is 15.6. The Balaban J connectivity index is 2.14. The van der Waals surface area contributed by atoms with E-state index in [2.05, 4.69) is 5.32 Å². The lowest BCUT2D eigenvalue weighted by Crippen LogP contribution is -2.60. The maximum absolute atomic E-state index is 10.7. The highest BCUT2D eigenvalue weighted by Crippen LogP contribution is 2.24. The summed E-state index contributed by atoms with van der Waals surface area (Å²) in [5, 5.41) is 51.6. The Hall–Kier alpha value is -1.78. The highest BCUT2D eigenvalue weighted by molar-refractivity contribution is 5.51. The van der Waals surface area contributed by atoms with Gasteiger partial charge in [0.1, 0.15) is 24.4 Å². The summed E-state index contributed by atoms with van der Waals surface area (Å²) in [4.78, 5) is 10.1. The lowest BCUT2D eigenvalue weighted by atomic mass is 9.98. The van der Waals surface area contributed by atoms with Gasteiger partial charge < -0.3 is 30.5 Å². The van der Waals surface area contributed by atoms with E-state index < -0.39 is 42.2 Å². The summed E-state index contributed by atoms with van der Waals surface area (Å²) in [7, 11) is 0. The number of ether oxygens (including phenoxy) is 1. The first-order chi connectivity index (χ1) is 9.93. The van der Waals surface area contributed by atoms with Crippen LogP contribution >= 0.6 is 0 Å². The molecule has 116 valence electrons. The number of aliphatic hydroxyl groups is 4. The predicted molar refractivity (Wildman–Crippen MR) is 70.5 cm³/mol. The number of benzene rings is 1. The van der Waals surface area contributed by atoms with Gasteiger partial charge in [0.25, 0.3) is 5.69 Å². The van der Waals surface area contributed by atoms with E-state index >= 15 is 0 Å². The number of anilines is 1. The molecule has 1 aliphatic rings. The molecule has 0 radical (unpaired) electrons. The third-order valence-corrected chi connectivity index (χ3v) is 3.26. The van der Waals surface area contributed by atoms with Crippen molar-refractivity contribution in [3.63, 3.8) is 0 Å². The number of rotatable bonds is 4. The Morgan fingerprint density at radius 1 is 1.24 bits per heavy atom. The normalized spacial score (nSPS) is 32.7. The van der Waals surface area contributed by atoms with Gasteiger partial charge in [0.05, 0.1) is 11.5 Å². The van der Waals surface area contributed by atoms with Gasteiger partial charge in [0, 0.05) is 17.8 Å². The SMILES string of the molecule is O=[N+]([O-])c1cccc(N[C@@H]2O[C@@H](CO)[C@@H](O)[C@@H](O)[C@H]2O)c1. The fraction of sp³-hybridized carbons (Fsp3) is 0.500. The number of hydrogen-bond donors (Lipinski definition) is 5. The monoisotopic (exact) mass is 300 g/mol. The van der Waals surface area contributed by atoms with Gasteiger partial charge in [0.2, 0.25) is 0 Å². The highest BCUT2D eigenvalue weighted by Gasteiger charge is 2.43. The van der Waals surface area contributed by atoms with Crippen molar-refractivity contribution in [2.75, 3.05) is 11.9 Å². The molecule has 9 heteroatoms. The molecule has 1 aromatic carbocycles. The summed E-state index contributed by atoms with van der Waals surface area (Å²) in [6, 6.07) is 5.51. The molecule has 0 aliphatic carbocycles. The van der Waals surface area contributed by atoms with E-state index in [-0.39, 0.29) is 5.69 Å². The van der Waals surface area contributed by atoms with Crippen molar-refractivity contribution < 1.29 is 30.1 Å². The second-order valence-electron chi connectivity index (χ2n) is 4.70. The van der Waals surface area contributed by atoms with E-state index in [0.717, 1.165) is 0 Å². The lowest BCUT2D eigenvalue weighted by Gasteiger charge is -2.40. The predicted octanol–water partition coefficient (Wildman–Crippen LogP) is -1.19. The molecule has 0 spiro atoms. The fourth-order valence-corrected chi connectivity index (χ4v) is 2.09. The smallest absolute Gasteiger partial charge is 0.271 e. The zero-order valence-electron chi connectivity index (χ0n) is 10.9. The number of non-ortho nitro benzene ring substituents is 1. The second kappa shape index (κ2) is 6.33. The van der Waals surface area contributed by atoms with Gasteiger partial charge in [-0.2, -0.15) is 0 Å². The number of nitrogens with zero attached hydrogens (tertiary/aromatic N) is 1. The van der Waals surface area contributed by atoms with Gasteiger partial charge in [-0.05, 0) is 6.07 Å². The van der Waals surface area contributed by atoms with E-state index in [1.165, 1.54) is 24.3 Å². The average Bonchev–Trinajstić information content (AvgIpc) is 2.48. The Morgan fingerprint density at radius 3 is 2.57 bits per heavy atom. The van der Waals surface area contributed by atoms with Gasteiger partial charge in [-0.25, -0.2) is 0 Å². The summed E-state index contributed by atoms with van der Waals surface area (Å²) in [5.74, 6) is 0. The van der Waals surface area contributed by atoms with Crippen LogP contribution in [0.25, 0.3) is 0 Å². The third-order valence-electron chi connectivity index (χ3n) is 3.26. The highest BCUT2D eigenvalue weighted by atomic mass is 16.6. The van der Waals surface area contributed by atoms with Gasteiger partial charge in [-0.15, -0.1) is 0 Å². The molecule has 5 N–H and O–H groups in total. The molecule has 0 saturated carbocycles. The standard InChI is InChI=1S/C12H16N2O7/c15-5-8-9(16)10(17)11(18)12(21-8)13-6-2-1-3-7(4-6)14(19)20/h1-4,8-13,15-18H,5H2/t8-,9+,10+,11+,12+/m0/s1. The summed E-state index contributed by atoms with van der Waals surface area (Å²) in [6.07, 6.45) is -6.58. The van der Waals surface area contributed by atoms with Crippen LogP contribution in [0.5, 0.6) is 0 Å². The van der Waals surface area contributed by atoms with Crippen molar-refractivity contribution in [2.24, 2.45) is 0 Å². The zero-order valence-corrected chi connectivity index (χ0v) is 10.9. The van der Waals surface area contributed by atoms with Crippen molar-refractivity contribution >= 4 is 11.4 Å². The Labute approximate surface area is 119 Å². The number of aliphatic hydroxyl groups excluding tert-OH is 4. The largest absolute Gasteiger partial charge is 0.394 e. The molecule has 1 aromatic rings. The van der Waals surface area contributed by atoms with Crippen molar-refractivity contribution in [1.82, 2.24) is 0 Å². The summed E-state index contributed by atoms with van der Waals surface area (Å²) in [5.41, 5.74) is 0.151. The molecular weight excluding hydrogens is 284 g/mol. The van der Waals surface area contributed by atoms with Crippen LogP contribution in [0.1, 0.15) is 0 Å². The topological polar surface area (TPSA) is 145 Å². The molecule has 1 aliphatic heterocycles. The average molecular weight is 300 g/mol. The molecule has 2 rings (SSSR count). The Bertz CT molecular complexity index is 510. The lowest BCUT2D eigenvalue weighted by molar-refractivity contribution is -0.384. The fourth-order valence-electron chi connectivity index (χ4n) is 2.09. The van der Waals surface area contributed by atoms with E-state index in [1.807, 2.05) is 0 Å². The van der Waals surface area contributed by atoms with Gasteiger partial charge in [-0.1, -0.05) is 6.07 Å². The summed E-state index contributed by atoms with van der Waals surface area (Å²) >= 11 is 0. The van der Waals surface area contributed by atoms with Crippen LogP contribution in [0.3, 0.4) is 0 Å². The number of nitro groups is 1. The van der Waals surface area contributed by atoms with E-state index in [1.54, 1.807) is 0 Å². The molecule has 1 fully saturated rings. The molecule has 1 saturated heterocycles. The molecular formula is C12H16N2O7. The number of nitro benzene ring substituents is 1. The molecule has 1 heterocycles. The minimum absolute atomic E-state index is 0.149. The van der Waals surface area contributed by atoms with Gasteiger partial charge >= 0.3 is 0 Å². The van der Waals surface area contributed by atoms with Crippen LogP contribution in [0.2, 0.25) is 0 Å². The third kappa shape index (κ3) is 3.28. The van der Waals surface area contributed by atoms with Crippen LogP contribution in [0.4, 0.5) is 11.4 Å². The van der Waals surface area contributed by atoms with Crippen LogP contribution < -0.4 is 5.32 Å². The first kappa shape index (κ1) is 15.6. The van der Waals surface area contributed by atoms with Crippen molar-refractivity contribution in [3.05, 3.63) is 34.4 Å². The minimum atomic E-state index is -1.51. The van der Waals surface area contributed by atoms with Crippen molar-refractivity contribution in [2.45, 2.75) is 30.6 Å². The summed E-state index contributed by atoms with van der Waals surface area (Å²) < 4.78 is 5.24. The molecule has 0 bridgehead atoms. The molecule has 0 unspecified atom stereocenters. The number of hydrogen-bond acceptors (Lipinski definition) is 8. The molecule has 0 amide bonds. The second-order valence-corrected chi connectivity index (χ2v) is 4.70. The van der Waals surface area contributed by atoms with Crippen molar-refractivity contribution in [3.8, 4) is 0 Å². The van der Waals surface area contributed by atoms with Crippen LogP contribution in [-0.2, 0) is 4.74 Å². The van der Waals surface area contributed by atoms with Crippen molar-refractivity contribution in [1.29, 1.82) is 0 Å². The van der Waals surface area contributed by atoms with Crippen LogP contribution in [0.15, 0.2) is 24.3 Å². The van der Waals surface area contributed by atoms with Crippen LogP contribution in [-0.4, -0.2) is 62.6 Å². The first-order valence-electron chi connectivity index (χ1n) is 6.25. The maximum atomic E-state index is 10.7. The first-order valence-corrected chi connectivity index (χ1v) is 6.25. The molecule has 9 nitrogen and oxygen atoms in total. The molecule has 5 atom stereocenters.